The number of nitrogens with two attached hydrogens (primary N) is 1. The number of hydrogen-bond donors (Lipinski definition) is 2. The van der Waals surface area contributed by atoms with E-state index in [9.17, 15) is 4.79 Å². The van der Waals surface area contributed by atoms with E-state index in [4.69, 9.17) is 5.73 Å². The molecule has 0 bridgehead atoms. The lowest BCUT2D eigenvalue weighted by Gasteiger charge is -2.16. The second kappa shape index (κ2) is 6.33. The molecule has 1 unspecified atom stereocenters. The Hall–Kier alpha value is -1.29. The van der Waals surface area contributed by atoms with Gasteiger partial charge in [0.15, 0.2) is 0 Å². The lowest BCUT2D eigenvalue weighted by molar-refractivity contribution is -0.118. The molecule has 0 saturated heterocycles. The van der Waals surface area contributed by atoms with Gasteiger partial charge in [0, 0.05) is 12.5 Å². The number of carbonyl (C=O) groups is 1. The van der Waals surface area contributed by atoms with E-state index in [0.29, 0.717) is 12.5 Å². The van der Waals surface area contributed by atoms with Crippen LogP contribution < -0.4 is 16.5 Å². The fraction of sp³-hybridized carbons (Fsp3) is 0.417. The first-order valence-corrected chi connectivity index (χ1v) is 5.63. The molecule has 16 heavy (non-hydrogen) atoms. The summed E-state index contributed by atoms with van der Waals surface area (Å²) in [6.07, 6.45) is 2.17. The van der Waals surface area contributed by atoms with E-state index < -0.39 is 0 Å². The summed E-state index contributed by atoms with van der Waals surface area (Å²) in [5, 5.41) is 3.23. The predicted molar refractivity (Wildman–Crippen MR) is 69.6 cm³/mol. The Kier molecular flexibility index (Phi) is 5.06. The number of hydrogen-bond acceptors (Lipinski definition) is 2. The topological polar surface area (TPSA) is 55.1 Å². The van der Waals surface area contributed by atoms with E-state index in [2.05, 4.69) is 25.3 Å². The molecule has 3 N–H and O–H groups in total. The molecular weight excluding hydrogens is 199 g/mol. The summed E-state index contributed by atoms with van der Waals surface area (Å²) < 4.78 is 0. The molecule has 0 saturated carbocycles. The van der Waals surface area contributed by atoms with E-state index in [-0.39, 0.29) is 5.91 Å². The van der Waals surface area contributed by atoms with Crippen molar-refractivity contribution >= 4 is 19.2 Å². The first-order chi connectivity index (χ1) is 7.63. The Labute approximate surface area is 97.8 Å². The zero-order valence-corrected chi connectivity index (χ0v) is 9.99. The number of carbonyl (C=O) groups excluding carboxylic acids is 1. The molecule has 86 valence electrons. The number of amides is 1. The van der Waals surface area contributed by atoms with Crippen LogP contribution in [0.15, 0.2) is 24.3 Å². The molecule has 1 amide bonds. The molecule has 0 radical (unpaired) electrons. The molecule has 1 aromatic carbocycles. The largest absolute Gasteiger partial charge is 0.370 e. The van der Waals surface area contributed by atoms with Crippen LogP contribution in [0.1, 0.15) is 18.4 Å². The highest BCUT2D eigenvalue weighted by molar-refractivity contribution is 6.33. The van der Waals surface area contributed by atoms with Gasteiger partial charge >= 0.3 is 0 Å². The molecule has 3 nitrogen and oxygen atoms in total. The van der Waals surface area contributed by atoms with E-state index in [0.717, 1.165) is 12.8 Å². The van der Waals surface area contributed by atoms with E-state index in [1.54, 1.807) is 0 Å². The van der Waals surface area contributed by atoms with Gasteiger partial charge in [-0.2, -0.15) is 0 Å². The zero-order valence-electron chi connectivity index (χ0n) is 9.99. The van der Waals surface area contributed by atoms with Crippen molar-refractivity contribution in [2.45, 2.75) is 25.3 Å². The van der Waals surface area contributed by atoms with Crippen LogP contribution in [-0.2, 0) is 11.2 Å². The molecule has 0 spiro atoms. The van der Waals surface area contributed by atoms with Crippen molar-refractivity contribution in [1.82, 2.24) is 5.32 Å². The molecule has 0 heterocycles. The second-order valence-corrected chi connectivity index (χ2v) is 4.12. The maximum Gasteiger partial charge on any atom is 0.217 e. The van der Waals surface area contributed by atoms with Gasteiger partial charge in [0.1, 0.15) is 7.85 Å². The minimum absolute atomic E-state index is 0.231. The monoisotopic (exact) mass is 218 g/mol. The maximum atomic E-state index is 10.7. The third kappa shape index (κ3) is 4.07. The van der Waals surface area contributed by atoms with Crippen molar-refractivity contribution in [3.8, 4) is 0 Å². The minimum Gasteiger partial charge on any atom is -0.370 e. The number of rotatable bonds is 6. The summed E-state index contributed by atoms with van der Waals surface area (Å²) in [6, 6.07) is 8.63. The number of nitrogens with one attached hydrogen (secondary N) is 1. The van der Waals surface area contributed by atoms with Crippen LogP contribution in [0.25, 0.3) is 0 Å². The highest BCUT2D eigenvalue weighted by Crippen LogP contribution is 2.05. The Morgan fingerprint density at radius 2 is 2.19 bits per heavy atom. The Bertz CT molecular complexity index is 355. The number of likely N-dealkylation sites (N-methyl/N-ethyl adjacent to an activating group) is 1. The van der Waals surface area contributed by atoms with Gasteiger partial charge in [-0.15, -0.1) is 0 Å². The van der Waals surface area contributed by atoms with Gasteiger partial charge in [0.25, 0.3) is 0 Å². The SMILES string of the molecule is Bc1ccccc1CC(CCC(N)=O)NC. The maximum absolute atomic E-state index is 10.7. The Balaban J connectivity index is 2.56. The van der Waals surface area contributed by atoms with Gasteiger partial charge in [-0.25, -0.2) is 0 Å². The van der Waals surface area contributed by atoms with Crippen molar-refractivity contribution in [2.75, 3.05) is 7.05 Å². The molecule has 0 aliphatic rings. The van der Waals surface area contributed by atoms with Crippen molar-refractivity contribution < 1.29 is 4.79 Å². The highest BCUT2D eigenvalue weighted by atomic mass is 16.1. The summed E-state index contributed by atoms with van der Waals surface area (Å²) in [6.45, 7) is 0. The quantitative estimate of drug-likeness (QED) is 0.623. The number of benzene rings is 1. The van der Waals surface area contributed by atoms with E-state index in [1.165, 1.54) is 11.0 Å². The van der Waals surface area contributed by atoms with Gasteiger partial charge in [-0.3, -0.25) is 4.79 Å². The van der Waals surface area contributed by atoms with Crippen molar-refractivity contribution in [3.63, 3.8) is 0 Å². The van der Waals surface area contributed by atoms with Gasteiger partial charge in [0.2, 0.25) is 5.91 Å². The molecule has 1 atom stereocenters. The van der Waals surface area contributed by atoms with Crippen LogP contribution >= 0.6 is 0 Å². The molecule has 1 aromatic rings. The summed E-state index contributed by atoms with van der Waals surface area (Å²) in [5.74, 6) is -0.231. The van der Waals surface area contributed by atoms with Gasteiger partial charge < -0.3 is 11.1 Å². The van der Waals surface area contributed by atoms with Gasteiger partial charge in [-0.1, -0.05) is 35.3 Å². The zero-order chi connectivity index (χ0) is 12.0. The minimum atomic E-state index is -0.231. The van der Waals surface area contributed by atoms with E-state index >= 15 is 0 Å². The van der Waals surface area contributed by atoms with Crippen LogP contribution in [0.3, 0.4) is 0 Å². The number of primary amides is 1. The molecule has 0 aromatic heterocycles. The molecule has 1 rings (SSSR count). The lowest BCUT2D eigenvalue weighted by Crippen LogP contribution is -2.31. The second-order valence-electron chi connectivity index (χ2n) is 4.12. The molecule has 0 aliphatic heterocycles. The fourth-order valence-corrected chi connectivity index (χ4v) is 1.77. The Morgan fingerprint density at radius 1 is 1.50 bits per heavy atom. The van der Waals surface area contributed by atoms with Crippen molar-refractivity contribution in [3.05, 3.63) is 29.8 Å². The standard InChI is InChI=1S/C12H19BN2O/c1-15-10(6-7-12(14)16)8-9-4-2-3-5-11(9)13/h2-5,10,15H,6-8,13H2,1H3,(H2,14,16). The van der Waals surface area contributed by atoms with Crippen molar-refractivity contribution in [1.29, 1.82) is 0 Å². The lowest BCUT2D eigenvalue weighted by atomic mass is 9.87. The Morgan fingerprint density at radius 3 is 2.75 bits per heavy atom. The molecular formula is C12H19BN2O. The van der Waals surface area contributed by atoms with Crippen LogP contribution in [0.5, 0.6) is 0 Å². The summed E-state index contributed by atoms with van der Waals surface area (Å²) in [5.41, 5.74) is 7.77. The van der Waals surface area contributed by atoms with Gasteiger partial charge in [0.05, 0.1) is 0 Å². The smallest absolute Gasteiger partial charge is 0.217 e. The van der Waals surface area contributed by atoms with Gasteiger partial charge in [-0.05, 0) is 19.9 Å². The molecule has 0 aliphatic carbocycles. The summed E-state index contributed by atoms with van der Waals surface area (Å²) in [7, 11) is 4.03. The van der Waals surface area contributed by atoms with Crippen LogP contribution in [0.4, 0.5) is 0 Å². The third-order valence-electron chi connectivity index (χ3n) is 2.88. The van der Waals surface area contributed by atoms with Crippen LogP contribution in [-0.4, -0.2) is 26.8 Å². The molecule has 0 fully saturated rings. The normalized spacial score (nSPS) is 12.3. The van der Waals surface area contributed by atoms with Crippen LogP contribution in [0.2, 0.25) is 0 Å². The van der Waals surface area contributed by atoms with E-state index in [1.807, 2.05) is 19.2 Å². The predicted octanol–water partition coefficient (Wildman–Crippen LogP) is -0.659. The highest BCUT2D eigenvalue weighted by Gasteiger charge is 2.09. The average molecular weight is 218 g/mol. The summed E-state index contributed by atoms with van der Waals surface area (Å²) >= 11 is 0. The third-order valence-corrected chi connectivity index (χ3v) is 2.88. The van der Waals surface area contributed by atoms with Crippen molar-refractivity contribution in [2.24, 2.45) is 5.73 Å². The fourth-order valence-electron chi connectivity index (χ4n) is 1.77. The molecule has 4 heteroatoms. The van der Waals surface area contributed by atoms with Crippen LogP contribution in [0, 0.1) is 0 Å². The first-order valence-electron chi connectivity index (χ1n) is 5.63. The summed E-state index contributed by atoms with van der Waals surface area (Å²) in [4.78, 5) is 10.7. The average Bonchev–Trinajstić information content (AvgIpc) is 2.26. The first kappa shape index (κ1) is 12.8.